The van der Waals surface area contributed by atoms with E-state index < -0.39 is 0 Å². The van der Waals surface area contributed by atoms with Gasteiger partial charge < -0.3 is 5.32 Å². The molecule has 5 nitrogen and oxygen atoms in total. The smallest absolute Gasteiger partial charge is 0.269 e. The van der Waals surface area contributed by atoms with Crippen LogP contribution in [0.2, 0.25) is 5.02 Å². The number of nitrogens with one attached hydrogen (secondary N) is 2. The number of amides is 1. The molecule has 1 aliphatic heterocycles. The summed E-state index contributed by atoms with van der Waals surface area (Å²) in [5.41, 5.74) is 3.05. The second-order valence-electron chi connectivity index (χ2n) is 6.10. The Morgan fingerprint density at radius 3 is 2.65 bits per heavy atom. The van der Waals surface area contributed by atoms with E-state index in [-0.39, 0.29) is 17.9 Å². The predicted octanol–water partition coefficient (Wildman–Crippen LogP) is 3.37. The van der Waals surface area contributed by atoms with Crippen molar-refractivity contribution < 1.29 is 9.18 Å². The summed E-state index contributed by atoms with van der Waals surface area (Å²) in [6.45, 7) is 0.963. The van der Waals surface area contributed by atoms with Crippen molar-refractivity contribution in [3.05, 3.63) is 76.7 Å². The van der Waals surface area contributed by atoms with Gasteiger partial charge in [-0.2, -0.15) is 5.10 Å². The molecule has 1 aromatic heterocycles. The number of carbonyl (C=O) groups is 1. The van der Waals surface area contributed by atoms with E-state index in [0.29, 0.717) is 29.5 Å². The van der Waals surface area contributed by atoms with Crippen LogP contribution in [0.4, 0.5) is 4.39 Å². The largest absolute Gasteiger partial charge is 0.347 e. The second kappa shape index (κ2) is 6.90. The van der Waals surface area contributed by atoms with Gasteiger partial charge >= 0.3 is 0 Å². The van der Waals surface area contributed by atoms with E-state index in [1.54, 1.807) is 35.0 Å². The average Bonchev–Trinajstić information content (AvgIpc) is 3.10. The lowest BCUT2D eigenvalue weighted by atomic mass is 10.1. The molecular weight excluding hydrogens is 355 g/mol. The van der Waals surface area contributed by atoms with E-state index >= 15 is 0 Å². The number of aromatic nitrogens is 2. The summed E-state index contributed by atoms with van der Waals surface area (Å²) in [5, 5.41) is 11.5. The van der Waals surface area contributed by atoms with Gasteiger partial charge in [-0.1, -0.05) is 35.9 Å². The van der Waals surface area contributed by atoms with Gasteiger partial charge in [0.25, 0.3) is 5.91 Å². The number of nitrogens with zero attached hydrogens (tertiary/aromatic N) is 2. The molecule has 0 unspecified atom stereocenters. The number of rotatable bonds is 4. The summed E-state index contributed by atoms with van der Waals surface area (Å²) in [7, 11) is 0. The fraction of sp³-hybridized carbons (Fsp3) is 0.158. The number of hydrogen-bond acceptors (Lipinski definition) is 3. The van der Waals surface area contributed by atoms with Crippen molar-refractivity contribution in [1.82, 2.24) is 20.4 Å². The average molecular weight is 371 g/mol. The van der Waals surface area contributed by atoms with E-state index in [9.17, 15) is 9.18 Å². The lowest BCUT2D eigenvalue weighted by Gasteiger charge is -2.25. The fourth-order valence-electron chi connectivity index (χ4n) is 2.93. The molecule has 0 aliphatic carbocycles. The first-order valence-corrected chi connectivity index (χ1v) is 8.59. The van der Waals surface area contributed by atoms with E-state index in [0.717, 1.165) is 11.1 Å². The summed E-state index contributed by atoms with van der Waals surface area (Å²) in [6.07, 6.45) is -0.186. The van der Waals surface area contributed by atoms with E-state index in [2.05, 4.69) is 15.7 Å². The van der Waals surface area contributed by atoms with Crippen molar-refractivity contribution in [2.75, 3.05) is 6.54 Å². The molecule has 26 heavy (non-hydrogen) atoms. The van der Waals surface area contributed by atoms with Gasteiger partial charge in [0.1, 0.15) is 17.7 Å². The van der Waals surface area contributed by atoms with Gasteiger partial charge in [0.2, 0.25) is 0 Å². The first-order valence-electron chi connectivity index (χ1n) is 8.22. The molecule has 2 aromatic carbocycles. The van der Waals surface area contributed by atoms with E-state index in [4.69, 9.17) is 11.6 Å². The number of fused-ring (bicyclic) bond motifs is 1. The maximum Gasteiger partial charge on any atom is 0.269 e. The molecule has 4 rings (SSSR count). The summed E-state index contributed by atoms with van der Waals surface area (Å²) >= 11 is 5.93. The molecule has 2 heterocycles. The van der Waals surface area contributed by atoms with Crippen LogP contribution in [0.15, 0.2) is 54.6 Å². The quantitative estimate of drug-likeness (QED) is 0.740. The molecule has 2 N–H and O–H groups in total. The lowest BCUT2D eigenvalue weighted by molar-refractivity contribution is 0.0900. The van der Waals surface area contributed by atoms with Gasteiger partial charge in [-0.15, -0.1) is 0 Å². The van der Waals surface area contributed by atoms with Crippen molar-refractivity contribution in [2.45, 2.75) is 12.7 Å². The highest BCUT2D eigenvalue weighted by atomic mass is 35.5. The van der Waals surface area contributed by atoms with Crippen molar-refractivity contribution >= 4 is 17.5 Å². The highest BCUT2D eigenvalue weighted by molar-refractivity contribution is 6.30. The standard InChI is InChI=1S/C19H16ClFN4O/c20-14-5-3-13(4-6-14)16-9-17-19(26)23-11-18(25(17)24-16)22-10-12-1-7-15(21)8-2-12/h1-9,18,22H,10-11H2,(H,23,26)/t18-/m0/s1. The normalized spacial score (nSPS) is 16.2. The van der Waals surface area contributed by atoms with Crippen LogP contribution in [0, 0.1) is 5.82 Å². The Balaban J connectivity index is 1.58. The first kappa shape index (κ1) is 16.8. The van der Waals surface area contributed by atoms with Crippen molar-refractivity contribution in [3.63, 3.8) is 0 Å². The topological polar surface area (TPSA) is 59.0 Å². The molecule has 0 bridgehead atoms. The molecule has 1 aliphatic rings. The van der Waals surface area contributed by atoms with Gasteiger partial charge in [-0.25, -0.2) is 9.07 Å². The molecule has 3 aromatic rings. The Bertz CT molecular complexity index is 937. The molecule has 0 fully saturated rings. The third-order valence-corrected chi connectivity index (χ3v) is 4.57. The zero-order valence-electron chi connectivity index (χ0n) is 13.7. The van der Waals surface area contributed by atoms with Crippen molar-refractivity contribution in [3.8, 4) is 11.3 Å². The molecule has 0 spiro atoms. The van der Waals surface area contributed by atoms with E-state index in [1.807, 2.05) is 12.1 Å². The molecule has 7 heteroatoms. The second-order valence-corrected chi connectivity index (χ2v) is 6.54. The summed E-state index contributed by atoms with van der Waals surface area (Å²) in [4.78, 5) is 12.2. The summed E-state index contributed by atoms with van der Waals surface area (Å²) in [5.74, 6) is -0.418. The Labute approximate surface area is 154 Å². The summed E-state index contributed by atoms with van der Waals surface area (Å²) < 4.78 is 14.7. The van der Waals surface area contributed by atoms with Crippen LogP contribution in [0.1, 0.15) is 22.2 Å². The van der Waals surface area contributed by atoms with Crippen LogP contribution in [0.3, 0.4) is 0 Å². The molecule has 0 saturated carbocycles. The van der Waals surface area contributed by atoms with Gasteiger partial charge in [-0.05, 0) is 35.9 Å². The Kier molecular flexibility index (Phi) is 4.44. The number of hydrogen-bond donors (Lipinski definition) is 2. The summed E-state index contributed by atoms with van der Waals surface area (Å²) in [6, 6.07) is 15.4. The van der Waals surface area contributed by atoms with Crippen molar-refractivity contribution in [1.29, 1.82) is 0 Å². The molecule has 132 valence electrons. The third kappa shape index (κ3) is 3.34. The van der Waals surface area contributed by atoms with Gasteiger partial charge in [0, 0.05) is 17.1 Å². The molecule has 0 saturated heterocycles. The zero-order valence-corrected chi connectivity index (χ0v) is 14.5. The minimum Gasteiger partial charge on any atom is -0.347 e. The van der Waals surface area contributed by atoms with Crippen molar-refractivity contribution in [2.24, 2.45) is 0 Å². The third-order valence-electron chi connectivity index (χ3n) is 4.31. The molecule has 1 amide bonds. The minimum atomic E-state index is -0.263. The molecular formula is C19H16ClFN4O. The van der Waals surface area contributed by atoms with Crippen LogP contribution in [0.5, 0.6) is 0 Å². The monoisotopic (exact) mass is 370 g/mol. The Morgan fingerprint density at radius 1 is 1.19 bits per heavy atom. The zero-order chi connectivity index (χ0) is 18.1. The first-order chi connectivity index (χ1) is 12.6. The number of halogens is 2. The van der Waals surface area contributed by atoms with E-state index in [1.165, 1.54) is 12.1 Å². The SMILES string of the molecule is O=C1NC[C@@H](NCc2ccc(F)cc2)n2nc(-c3ccc(Cl)cc3)cc21. The lowest BCUT2D eigenvalue weighted by Crippen LogP contribution is -2.45. The minimum absolute atomic E-state index is 0.155. The Morgan fingerprint density at radius 2 is 1.92 bits per heavy atom. The fourth-order valence-corrected chi connectivity index (χ4v) is 3.05. The molecule has 0 radical (unpaired) electrons. The van der Waals surface area contributed by atoms with Crippen LogP contribution in [-0.4, -0.2) is 22.2 Å². The van der Waals surface area contributed by atoms with Crippen LogP contribution < -0.4 is 10.6 Å². The van der Waals surface area contributed by atoms with Crippen LogP contribution in [-0.2, 0) is 6.54 Å². The maximum atomic E-state index is 13.0. The maximum absolute atomic E-state index is 13.0. The van der Waals surface area contributed by atoms with Crippen LogP contribution in [0.25, 0.3) is 11.3 Å². The predicted molar refractivity (Wildman–Crippen MR) is 97.3 cm³/mol. The van der Waals surface area contributed by atoms with Crippen LogP contribution >= 0.6 is 11.6 Å². The highest BCUT2D eigenvalue weighted by Crippen LogP contribution is 2.24. The Hall–Kier alpha value is -2.70. The number of carbonyl (C=O) groups excluding carboxylic acids is 1. The van der Waals surface area contributed by atoms with Gasteiger partial charge in [0.05, 0.1) is 12.2 Å². The molecule has 1 atom stereocenters. The number of benzene rings is 2. The van der Waals surface area contributed by atoms with Gasteiger partial charge in [-0.3, -0.25) is 10.1 Å². The van der Waals surface area contributed by atoms with Gasteiger partial charge in [0.15, 0.2) is 0 Å². The highest BCUT2D eigenvalue weighted by Gasteiger charge is 2.27.